The molecule has 0 aliphatic rings. The zero-order valence-corrected chi connectivity index (χ0v) is 15.6. The molecule has 0 bridgehead atoms. The Kier molecular flexibility index (Phi) is 6.27. The lowest BCUT2D eigenvalue weighted by molar-refractivity contribution is -0.167. The maximum atomic E-state index is 12.2. The summed E-state index contributed by atoms with van der Waals surface area (Å²) in [7, 11) is 0.979. The lowest BCUT2D eigenvalue weighted by Crippen LogP contribution is -2.38. The van der Waals surface area contributed by atoms with Crippen molar-refractivity contribution >= 4 is 11.7 Å². The van der Waals surface area contributed by atoms with Gasteiger partial charge in [-0.05, 0) is 29.7 Å². The van der Waals surface area contributed by atoms with Crippen LogP contribution in [0, 0.1) is 0 Å². The van der Waals surface area contributed by atoms with Gasteiger partial charge in [0.05, 0.1) is 0 Å². The van der Waals surface area contributed by atoms with Crippen molar-refractivity contribution < 1.29 is 35.2 Å². The van der Waals surface area contributed by atoms with Crippen LogP contribution >= 0.6 is 0 Å². The Morgan fingerprint density at radius 1 is 0.964 bits per heavy atom. The van der Waals surface area contributed by atoms with Gasteiger partial charge in [-0.1, -0.05) is 31.2 Å². The van der Waals surface area contributed by atoms with Gasteiger partial charge in [0.1, 0.15) is 5.60 Å². The number of rotatable bonds is 7. The minimum Gasteiger partial charge on any atom is -0.504 e. The zero-order chi connectivity index (χ0) is 21.1. The molecule has 28 heavy (non-hydrogen) atoms. The number of aryl methyl sites for hydroxylation is 1. The summed E-state index contributed by atoms with van der Waals surface area (Å²) in [4.78, 5) is 24.0. The third kappa shape index (κ3) is 4.41. The average Bonchev–Trinajstić information content (AvgIpc) is 2.65. The van der Waals surface area contributed by atoms with E-state index in [1.807, 2.05) is 19.1 Å². The fourth-order valence-electron chi connectivity index (χ4n) is 2.95. The third-order valence-corrected chi connectivity index (χ3v) is 4.54. The van der Waals surface area contributed by atoms with E-state index in [0.29, 0.717) is 5.56 Å². The number of amides is 1. The summed E-state index contributed by atoms with van der Waals surface area (Å²) in [5.41, 5.74) is -0.634. The van der Waals surface area contributed by atoms with E-state index in [0.717, 1.165) is 31.2 Å². The first-order valence-electron chi connectivity index (χ1n) is 8.63. The number of ketones is 1. The number of hydroxylamine groups is 2. The van der Waals surface area contributed by atoms with E-state index in [1.165, 1.54) is 0 Å². The number of phenols is 3. The molecule has 2 aromatic carbocycles. The normalized spacial score (nSPS) is 13.0. The predicted molar refractivity (Wildman–Crippen MR) is 99.0 cm³/mol. The highest BCUT2D eigenvalue weighted by Crippen LogP contribution is 2.44. The molecule has 1 atom stereocenters. The van der Waals surface area contributed by atoms with Crippen LogP contribution < -0.4 is 0 Å². The maximum absolute atomic E-state index is 12.2. The minimum atomic E-state index is -2.08. The molecule has 0 fully saturated rings. The number of phenolic OH excluding ortho intramolecular Hbond substituents is 3. The highest BCUT2D eigenvalue weighted by atomic mass is 16.5. The van der Waals surface area contributed by atoms with Gasteiger partial charge in [0.25, 0.3) is 0 Å². The fourth-order valence-corrected chi connectivity index (χ4v) is 2.95. The van der Waals surface area contributed by atoms with Crippen LogP contribution in [-0.4, -0.2) is 49.4 Å². The summed E-state index contributed by atoms with van der Waals surface area (Å²) in [6, 6.07) is 9.39. The van der Waals surface area contributed by atoms with Gasteiger partial charge < -0.3 is 20.4 Å². The quantitative estimate of drug-likeness (QED) is 0.210. The number of aliphatic hydroxyl groups is 1. The molecule has 150 valence electrons. The van der Waals surface area contributed by atoms with Gasteiger partial charge >= 0.3 is 5.91 Å². The molecule has 5 N–H and O–H groups in total. The molecule has 1 amide bonds. The first kappa shape index (κ1) is 21.2. The maximum Gasteiger partial charge on any atom is 0.313 e. The average molecular weight is 389 g/mol. The predicted octanol–water partition coefficient (Wildman–Crippen LogP) is 1.60. The number of likely N-dealkylation sites (N-methyl/N-ethyl adjacent to an activating group) is 1. The first-order valence-corrected chi connectivity index (χ1v) is 8.63. The largest absolute Gasteiger partial charge is 0.504 e. The Hall–Kier alpha value is -3.10. The molecular formula is C20H23NO7. The molecule has 0 aliphatic heterocycles. The Balaban J connectivity index is 2.49. The molecule has 1 unspecified atom stereocenters. The SMILES string of the molecule is CCc1ccc(CC(O)(CC(=O)C(=O)N(C)O)c2ccc(O)c(O)c2O)cc1. The van der Waals surface area contributed by atoms with Crippen molar-refractivity contribution in [1.29, 1.82) is 0 Å². The number of nitrogens with zero attached hydrogens (tertiary/aromatic N) is 1. The summed E-state index contributed by atoms with van der Waals surface area (Å²) in [5.74, 6) is -4.58. The Bertz CT molecular complexity index is 877. The van der Waals surface area contributed by atoms with Crippen molar-refractivity contribution in [1.82, 2.24) is 5.06 Å². The second-order valence-electron chi connectivity index (χ2n) is 6.64. The Labute approximate surface area is 161 Å². The number of Topliss-reactive ketones (excluding diaryl/α,β-unsaturated/α-hetero) is 1. The van der Waals surface area contributed by atoms with Crippen molar-refractivity contribution in [3.05, 3.63) is 53.1 Å². The lowest BCUT2D eigenvalue weighted by atomic mass is 9.82. The van der Waals surface area contributed by atoms with Crippen molar-refractivity contribution in [3.63, 3.8) is 0 Å². The zero-order valence-electron chi connectivity index (χ0n) is 15.6. The van der Waals surface area contributed by atoms with Crippen molar-refractivity contribution in [3.8, 4) is 17.2 Å². The molecule has 2 aromatic rings. The Morgan fingerprint density at radius 3 is 2.07 bits per heavy atom. The third-order valence-electron chi connectivity index (χ3n) is 4.54. The summed E-state index contributed by atoms with van der Waals surface area (Å²) in [5, 5.41) is 50.1. The molecular weight excluding hydrogens is 366 g/mol. The molecule has 0 spiro atoms. The van der Waals surface area contributed by atoms with Crippen molar-refractivity contribution in [2.24, 2.45) is 0 Å². The topological polar surface area (TPSA) is 139 Å². The van der Waals surface area contributed by atoms with Crippen LogP contribution in [0.25, 0.3) is 0 Å². The molecule has 0 heterocycles. The van der Waals surface area contributed by atoms with E-state index >= 15 is 0 Å². The lowest BCUT2D eigenvalue weighted by Gasteiger charge is -2.29. The van der Waals surface area contributed by atoms with Gasteiger partial charge in [-0.15, -0.1) is 0 Å². The minimum absolute atomic E-state index is 0.104. The summed E-state index contributed by atoms with van der Waals surface area (Å²) in [6.45, 7) is 1.98. The summed E-state index contributed by atoms with van der Waals surface area (Å²) < 4.78 is 0. The van der Waals surface area contributed by atoms with Crippen LogP contribution in [-0.2, 0) is 28.0 Å². The van der Waals surface area contributed by atoms with E-state index in [4.69, 9.17) is 0 Å². The number of carbonyl (C=O) groups is 2. The van der Waals surface area contributed by atoms with Gasteiger partial charge in [0.2, 0.25) is 11.5 Å². The number of hydrogen-bond acceptors (Lipinski definition) is 7. The number of aromatic hydroxyl groups is 3. The molecule has 0 radical (unpaired) electrons. The van der Waals surface area contributed by atoms with Crippen LogP contribution in [0.3, 0.4) is 0 Å². The van der Waals surface area contributed by atoms with Crippen molar-refractivity contribution in [2.75, 3.05) is 7.05 Å². The van der Waals surface area contributed by atoms with Crippen LogP contribution in [0.4, 0.5) is 0 Å². The molecule has 0 saturated carbocycles. The molecule has 2 rings (SSSR count). The molecule has 0 saturated heterocycles. The highest BCUT2D eigenvalue weighted by molar-refractivity contribution is 6.35. The number of carbonyl (C=O) groups excluding carboxylic acids is 2. The molecule has 0 aromatic heterocycles. The Morgan fingerprint density at radius 2 is 1.54 bits per heavy atom. The van der Waals surface area contributed by atoms with Crippen LogP contribution in [0.2, 0.25) is 0 Å². The van der Waals surface area contributed by atoms with E-state index < -0.39 is 41.0 Å². The van der Waals surface area contributed by atoms with Gasteiger partial charge in [0, 0.05) is 25.5 Å². The van der Waals surface area contributed by atoms with Gasteiger partial charge in [-0.3, -0.25) is 14.8 Å². The second-order valence-corrected chi connectivity index (χ2v) is 6.64. The van der Waals surface area contributed by atoms with Crippen molar-refractivity contribution in [2.45, 2.75) is 31.8 Å². The monoisotopic (exact) mass is 389 g/mol. The standard InChI is InChI=1S/C20H23NO7/c1-3-12-4-6-13(7-5-12)10-20(27,11-16(23)19(26)21(2)28)14-8-9-15(22)18(25)17(14)24/h4-9,22,24-25,27-28H,3,10-11H2,1-2H3. The second kappa shape index (κ2) is 8.28. The smallest absolute Gasteiger partial charge is 0.313 e. The van der Waals surface area contributed by atoms with Gasteiger partial charge in [0.15, 0.2) is 11.5 Å². The molecule has 8 heteroatoms. The highest BCUT2D eigenvalue weighted by Gasteiger charge is 2.38. The summed E-state index contributed by atoms with van der Waals surface area (Å²) in [6.07, 6.45) is -0.111. The number of benzene rings is 2. The number of hydrogen-bond donors (Lipinski definition) is 5. The van der Waals surface area contributed by atoms with E-state index in [-0.39, 0.29) is 17.0 Å². The molecule has 0 aliphatic carbocycles. The van der Waals surface area contributed by atoms with E-state index in [2.05, 4.69) is 0 Å². The van der Waals surface area contributed by atoms with E-state index in [9.17, 15) is 35.2 Å². The van der Waals surface area contributed by atoms with Crippen LogP contribution in [0.5, 0.6) is 17.2 Å². The van der Waals surface area contributed by atoms with Crippen LogP contribution in [0.15, 0.2) is 36.4 Å². The molecule has 8 nitrogen and oxygen atoms in total. The van der Waals surface area contributed by atoms with Gasteiger partial charge in [-0.2, -0.15) is 0 Å². The summed E-state index contributed by atoms with van der Waals surface area (Å²) >= 11 is 0. The first-order chi connectivity index (χ1) is 13.1. The van der Waals surface area contributed by atoms with Crippen LogP contribution in [0.1, 0.15) is 30.0 Å². The van der Waals surface area contributed by atoms with E-state index in [1.54, 1.807) is 12.1 Å². The van der Waals surface area contributed by atoms with Gasteiger partial charge in [-0.25, -0.2) is 5.06 Å². The fraction of sp³-hybridized carbons (Fsp3) is 0.300.